The highest BCUT2D eigenvalue weighted by Crippen LogP contribution is 2.41. The van der Waals surface area contributed by atoms with Crippen LogP contribution in [0.4, 0.5) is 5.69 Å². The molecule has 9 nitrogen and oxygen atoms in total. The Labute approximate surface area is 156 Å². The number of aliphatic hydroxyl groups excluding tert-OH is 1. The minimum Gasteiger partial charge on any atom is -0.497 e. The molecule has 146 valence electrons. The van der Waals surface area contributed by atoms with Crippen LogP contribution in [-0.4, -0.2) is 48.0 Å². The van der Waals surface area contributed by atoms with Gasteiger partial charge in [-0.15, -0.1) is 0 Å². The van der Waals surface area contributed by atoms with Crippen LogP contribution in [0.2, 0.25) is 0 Å². The lowest BCUT2D eigenvalue weighted by Crippen LogP contribution is -2.51. The van der Waals surface area contributed by atoms with Crippen LogP contribution in [0.25, 0.3) is 0 Å². The largest absolute Gasteiger partial charge is 0.497 e. The van der Waals surface area contributed by atoms with Gasteiger partial charge in [0.25, 0.3) is 5.69 Å². The fourth-order valence-corrected chi connectivity index (χ4v) is 2.68. The minimum atomic E-state index is -0.986. The summed E-state index contributed by atoms with van der Waals surface area (Å²) in [5.74, 6) is 2.47. The van der Waals surface area contributed by atoms with Crippen molar-refractivity contribution < 1.29 is 29.0 Å². The quantitative estimate of drug-likeness (QED) is 0.230. The molecule has 0 aliphatic carbocycles. The molecule has 0 spiro atoms. The first-order valence-corrected chi connectivity index (χ1v) is 8.21. The van der Waals surface area contributed by atoms with Gasteiger partial charge in [0.1, 0.15) is 35.8 Å². The molecule has 0 saturated carbocycles. The SMILES string of the molecule is COC(=CN[C@@H]1c2cc([N+](=O)[O-])ccc2OC(C)(C)[C@H]1O)COCC=C=O. The summed E-state index contributed by atoms with van der Waals surface area (Å²) in [6.45, 7) is 3.64. The Balaban J connectivity index is 2.28. The highest BCUT2D eigenvalue weighted by molar-refractivity contribution is 5.48. The Hall–Kier alpha value is -2.87. The lowest BCUT2D eigenvalue weighted by molar-refractivity contribution is -0.385. The number of hydrogen-bond donors (Lipinski definition) is 2. The smallest absolute Gasteiger partial charge is 0.270 e. The minimum absolute atomic E-state index is 0.0894. The number of methoxy groups -OCH3 is 1. The van der Waals surface area contributed by atoms with Gasteiger partial charge in [0, 0.05) is 30.0 Å². The zero-order valence-corrected chi connectivity index (χ0v) is 15.3. The molecule has 0 aromatic heterocycles. The molecule has 2 atom stereocenters. The van der Waals surface area contributed by atoms with Crippen LogP contribution in [0.1, 0.15) is 25.5 Å². The van der Waals surface area contributed by atoms with E-state index >= 15 is 0 Å². The fraction of sp³-hybridized carbons (Fsp3) is 0.444. The van der Waals surface area contributed by atoms with Crippen molar-refractivity contribution >= 4 is 11.6 Å². The Morgan fingerprint density at radius 3 is 2.89 bits per heavy atom. The zero-order valence-electron chi connectivity index (χ0n) is 15.3. The molecule has 2 N–H and O–H groups in total. The predicted molar refractivity (Wildman–Crippen MR) is 95.9 cm³/mol. The Morgan fingerprint density at radius 2 is 2.26 bits per heavy atom. The van der Waals surface area contributed by atoms with Gasteiger partial charge in [-0.3, -0.25) is 10.1 Å². The molecule has 0 amide bonds. The van der Waals surface area contributed by atoms with Crippen molar-refractivity contribution in [3.05, 3.63) is 51.9 Å². The first kappa shape index (κ1) is 20.4. The van der Waals surface area contributed by atoms with Crippen molar-refractivity contribution in [1.29, 1.82) is 0 Å². The number of benzene rings is 1. The Kier molecular flexibility index (Phi) is 6.57. The van der Waals surface area contributed by atoms with Gasteiger partial charge in [0.05, 0.1) is 24.7 Å². The highest BCUT2D eigenvalue weighted by Gasteiger charge is 2.43. The van der Waals surface area contributed by atoms with Crippen molar-refractivity contribution in [3.8, 4) is 5.75 Å². The lowest BCUT2D eigenvalue weighted by Gasteiger charge is -2.42. The zero-order chi connectivity index (χ0) is 20.0. The lowest BCUT2D eigenvalue weighted by atomic mass is 9.86. The first-order chi connectivity index (χ1) is 12.8. The summed E-state index contributed by atoms with van der Waals surface area (Å²) in [6, 6.07) is 3.58. The van der Waals surface area contributed by atoms with Crippen LogP contribution in [-0.2, 0) is 14.3 Å². The third-order valence-corrected chi connectivity index (χ3v) is 4.16. The molecule has 0 saturated heterocycles. The van der Waals surface area contributed by atoms with E-state index in [2.05, 4.69) is 5.32 Å². The number of nitrogens with zero attached hydrogens (tertiary/aromatic N) is 1. The number of rotatable bonds is 8. The summed E-state index contributed by atoms with van der Waals surface area (Å²) < 4.78 is 16.2. The average Bonchev–Trinajstić information content (AvgIpc) is 2.63. The van der Waals surface area contributed by atoms with Gasteiger partial charge in [-0.05, 0) is 19.9 Å². The van der Waals surface area contributed by atoms with E-state index in [4.69, 9.17) is 14.2 Å². The van der Waals surface area contributed by atoms with Crippen LogP contribution in [0.15, 0.2) is 36.2 Å². The van der Waals surface area contributed by atoms with Gasteiger partial charge in [0.15, 0.2) is 0 Å². The maximum absolute atomic E-state index is 11.1. The number of hydrogen-bond acceptors (Lipinski definition) is 8. The molecular weight excluding hydrogens is 356 g/mol. The number of nitrogens with one attached hydrogen (secondary N) is 1. The van der Waals surface area contributed by atoms with E-state index in [-0.39, 0.29) is 18.9 Å². The summed E-state index contributed by atoms with van der Waals surface area (Å²) in [4.78, 5) is 20.7. The van der Waals surface area contributed by atoms with Crippen LogP contribution < -0.4 is 10.1 Å². The van der Waals surface area contributed by atoms with Crippen molar-refractivity contribution in [2.45, 2.75) is 31.6 Å². The first-order valence-electron chi connectivity index (χ1n) is 8.21. The second-order valence-corrected chi connectivity index (χ2v) is 6.43. The molecule has 0 radical (unpaired) electrons. The van der Waals surface area contributed by atoms with Crippen LogP contribution in [0, 0.1) is 10.1 Å². The molecule has 1 aromatic rings. The maximum atomic E-state index is 11.1. The summed E-state index contributed by atoms with van der Waals surface area (Å²) in [7, 11) is 1.45. The standard InChI is InChI=1S/C18H22N2O7/c1-18(2)17(22)16(19-10-13(25-3)11-26-8-4-7-21)14-9-12(20(23)24)5-6-15(14)27-18/h4-6,9-10,16-17,19,22H,8,11H2,1-3H3/t16-,17+/m1/s1. The van der Waals surface area contributed by atoms with Gasteiger partial charge in [-0.25, -0.2) is 4.79 Å². The van der Waals surface area contributed by atoms with Gasteiger partial charge < -0.3 is 24.6 Å². The Morgan fingerprint density at radius 1 is 1.52 bits per heavy atom. The van der Waals surface area contributed by atoms with Gasteiger partial charge in [-0.2, -0.15) is 0 Å². The van der Waals surface area contributed by atoms with E-state index < -0.39 is 22.7 Å². The molecule has 1 aliphatic rings. The van der Waals surface area contributed by atoms with Crippen molar-refractivity contribution in [1.82, 2.24) is 5.32 Å². The molecule has 9 heteroatoms. The molecule has 2 rings (SSSR count). The van der Waals surface area contributed by atoms with Crippen LogP contribution >= 0.6 is 0 Å². The highest BCUT2D eigenvalue weighted by atomic mass is 16.6. The van der Waals surface area contributed by atoms with Gasteiger partial charge >= 0.3 is 0 Å². The summed E-state index contributed by atoms with van der Waals surface area (Å²) in [5.41, 5.74) is -0.545. The molecule has 1 heterocycles. The van der Waals surface area contributed by atoms with Crippen LogP contribution in [0.5, 0.6) is 5.75 Å². The second kappa shape index (κ2) is 8.68. The molecule has 0 bridgehead atoms. The monoisotopic (exact) mass is 378 g/mol. The average molecular weight is 378 g/mol. The van der Waals surface area contributed by atoms with Crippen LogP contribution in [0.3, 0.4) is 0 Å². The number of aliphatic hydroxyl groups is 1. The molecule has 1 aliphatic heterocycles. The van der Waals surface area contributed by atoms with E-state index in [1.54, 1.807) is 19.8 Å². The summed E-state index contributed by atoms with van der Waals surface area (Å²) in [6.07, 6.45) is 1.73. The molecular formula is C18H22N2O7. The number of nitro groups is 1. The van der Waals surface area contributed by atoms with E-state index in [1.165, 1.54) is 37.6 Å². The fourth-order valence-electron chi connectivity index (χ4n) is 2.68. The van der Waals surface area contributed by atoms with Crippen molar-refractivity contribution in [2.75, 3.05) is 20.3 Å². The van der Waals surface area contributed by atoms with E-state index in [0.29, 0.717) is 17.1 Å². The molecule has 0 unspecified atom stereocenters. The van der Waals surface area contributed by atoms with Crippen molar-refractivity contribution in [2.24, 2.45) is 0 Å². The molecule has 1 aromatic carbocycles. The van der Waals surface area contributed by atoms with E-state index in [1.807, 2.05) is 0 Å². The van der Waals surface area contributed by atoms with E-state index in [9.17, 15) is 20.0 Å². The maximum Gasteiger partial charge on any atom is 0.270 e. The number of ether oxygens (including phenoxy) is 3. The van der Waals surface area contributed by atoms with Crippen molar-refractivity contribution in [3.63, 3.8) is 0 Å². The van der Waals surface area contributed by atoms with Gasteiger partial charge in [0.2, 0.25) is 0 Å². The number of non-ortho nitro benzene ring substituents is 1. The molecule has 27 heavy (non-hydrogen) atoms. The molecule has 0 fully saturated rings. The topological polar surface area (TPSA) is 120 Å². The van der Waals surface area contributed by atoms with E-state index in [0.717, 1.165) is 0 Å². The summed E-state index contributed by atoms with van der Waals surface area (Å²) in [5, 5.41) is 24.8. The van der Waals surface area contributed by atoms with Gasteiger partial charge in [-0.1, -0.05) is 0 Å². The number of fused-ring (bicyclic) bond motifs is 1. The predicted octanol–water partition coefficient (Wildman–Crippen LogP) is 1.65. The number of carbonyl (C=O) groups excluding carboxylic acids is 1. The third kappa shape index (κ3) is 4.85. The third-order valence-electron chi connectivity index (χ3n) is 4.16. The summed E-state index contributed by atoms with van der Waals surface area (Å²) >= 11 is 0. The number of nitro benzene ring substituents is 1. The normalized spacial score (nSPS) is 20.7. The second-order valence-electron chi connectivity index (χ2n) is 6.43. The Bertz CT molecular complexity index is 769.